The molecule has 1 aromatic carbocycles. The van der Waals surface area contributed by atoms with Crippen LogP contribution in [-0.4, -0.2) is 28.5 Å². The lowest BCUT2D eigenvalue weighted by Crippen LogP contribution is -2.31. The van der Waals surface area contributed by atoms with Crippen molar-refractivity contribution in [2.24, 2.45) is 0 Å². The van der Waals surface area contributed by atoms with Gasteiger partial charge in [0, 0.05) is 17.6 Å². The van der Waals surface area contributed by atoms with Crippen molar-refractivity contribution >= 4 is 28.9 Å². The lowest BCUT2D eigenvalue weighted by atomic mass is 10.0. The Morgan fingerprint density at radius 2 is 2.16 bits per heavy atom. The number of hydrogen-bond donors (Lipinski definition) is 1. The zero-order valence-electron chi connectivity index (χ0n) is 9.81. The summed E-state index contributed by atoms with van der Waals surface area (Å²) in [5.41, 5.74) is 3.28. The van der Waals surface area contributed by atoms with Gasteiger partial charge in [0.25, 0.3) is 5.91 Å². The van der Waals surface area contributed by atoms with Crippen molar-refractivity contribution < 1.29 is 14.7 Å². The van der Waals surface area contributed by atoms with Crippen molar-refractivity contribution in [3.05, 3.63) is 46.4 Å². The van der Waals surface area contributed by atoms with Gasteiger partial charge in [-0.25, -0.2) is 4.98 Å². The molecule has 0 saturated carbocycles. The number of carboxylic acid groups (broad SMARTS) is 1. The minimum absolute atomic E-state index is 0.158. The molecule has 1 N–H and O–H groups in total. The van der Waals surface area contributed by atoms with E-state index in [1.54, 1.807) is 35.2 Å². The molecule has 5 nitrogen and oxygen atoms in total. The number of hydrogen-bond acceptors (Lipinski definition) is 4. The number of fused-ring (bicyclic) bond motifs is 1. The van der Waals surface area contributed by atoms with Gasteiger partial charge in [-0.15, -0.1) is 11.3 Å². The SMILES string of the molecule is O=C(O)[C@@H]1CN(C(=O)c2cscn2)c2ccccc21. The number of carbonyl (C=O) groups excluding carboxylic acids is 1. The molecule has 3 rings (SSSR count). The van der Waals surface area contributed by atoms with Crippen LogP contribution in [0.15, 0.2) is 35.2 Å². The fraction of sp³-hybridized carbons (Fsp3) is 0.154. The summed E-state index contributed by atoms with van der Waals surface area (Å²) in [6, 6.07) is 7.10. The van der Waals surface area contributed by atoms with Crippen molar-refractivity contribution in [3.63, 3.8) is 0 Å². The van der Waals surface area contributed by atoms with Crippen LogP contribution in [0.2, 0.25) is 0 Å². The van der Waals surface area contributed by atoms with Gasteiger partial charge in [0.15, 0.2) is 0 Å². The fourth-order valence-electron chi connectivity index (χ4n) is 2.27. The fourth-order valence-corrected chi connectivity index (χ4v) is 2.79. The number of thiazole rings is 1. The molecule has 2 heterocycles. The van der Waals surface area contributed by atoms with Gasteiger partial charge in [-0.3, -0.25) is 9.59 Å². The Balaban J connectivity index is 2.01. The molecule has 0 bridgehead atoms. The van der Waals surface area contributed by atoms with Crippen molar-refractivity contribution in [1.82, 2.24) is 4.98 Å². The minimum atomic E-state index is -0.916. The Morgan fingerprint density at radius 1 is 1.37 bits per heavy atom. The third kappa shape index (κ3) is 1.90. The molecule has 0 radical (unpaired) electrons. The summed E-state index contributed by atoms with van der Waals surface area (Å²) >= 11 is 1.34. The van der Waals surface area contributed by atoms with Gasteiger partial charge in [0.05, 0.1) is 5.51 Å². The maximum Gasteiger partial charge on any atom is 0.312 e. The Labute approximate surface area is 113 Å². The highest BCUT2D eigenvalue weighted by Gasteiger charge is 2.36. The van der Waals surface area contributed by atoms with E-state index in [0.29, 0.717) is 16.9 Å². The van der Waals surface area contributed by atoms with Crippen LogP contribution in [0.5, 0.6) is 0 Å². The number of nitrogens with zero attached hydrogens (tertiary/aromatic N) is 2. The molecule has 0 saturated heterocycles. The number of para-hydroxylation sites is 1. The van der Waals surface area contributed by atoms with E-state index in [0.717, 1.165) is 0 Å². The molecule has 1 aromatic heterocycles. The summed E-state index contributed by atoms with van der Waals surface area (Å²) in [5.74, 6) is -1.84. The molecule has 6 heteroatoms. The van der Waals surface area contributed by atoms with E-state index in [1.807, 2.05) is 0 Å². The van der Waals surface area contributed by atoms with E-state index in [4.69, 9.17) is 0 Å². The summed E-state index contributed by atoms with van der Waals surface area (Å²) in [6.45, 7) is 0.158. The van der Waals surface area contributed by atoms with Crippen molar-refractivity contribution in [3.8, 4) is 0 Å². The molecule has 1 atom stereocenters. The van der Waals surface area contributed by atoms with Crippen molar-refractivity contribution in [1.29, 1.82) is 0 Å². The number of carboxylic acids is 1. The second kappa shape index (κ2) is 4.47. The Morgan fingerprint density at radius 3 is 2.84 bits per heavy atom. The van der Waals surface area contributed by atoms with Crippen molar-refractivity contribution in [2.75, 3.05) is 11.4 Å². The standard InChI is InChI=1S/C13H10N2O3S/c16-12(10-6-19-7-14-10)15-5-9(13(17)18)8-3-1-2-4-11(8)15/h1-4,6-7,9H,5H2,(H,17,18)/t9-/m1/s1. The predicted molar refractivity (Wildman–Crippen MR) is 70.6 cm³/mol. The molecular formula is C13H10N2O3S. The topological polar surface area (TPSA) is 70.5 Å². The highest BCUT2D eigenvalue weighted by Crippen LogP contribution is 2.36. The minimum Gasteiger partial charge on any atom is -0.481 e. The molecular weight excluding hydrogens is 264 g/mol. The van der Waals surface area contributed by atoms with Crippen LogP contribution in [0.25, 0.3) is 0 Å². The number of anilines is 1. The predicted octanol–water partition coefficient (Wildman–Crippen LogP) is 1.97. The molecule has 96 valence electrons. The first-order valence-corrected chi connectivity index (χ1v) is 6.64. The van der Waals surface area contributed by atoms with Crippen LogP contribution in [0.4, 0.5) is 5.69 Å². The monoisotopic (exact) mass is 274 g/mol. The molecule has 0 fully saturated rings. The summed E-state index contributed by atoms with van der Waals surface area (Å²) < 4.78 is 0. The maximum absolute atomic E-state index is 12.3. The maximum atomic E-state index is 12.3. The van der Waals surface area contributed by atoms with Gasteiger partial charge >= 0.3 is 5.97 Å². The zero-order valence-corrected chi connectivity index (χ0v) is 10.6. The Hall–Kier alpha value is -2.21. The van der Waals surface area contributed by atoms with E-state index in [9.17, 15) is 14.7 Å². The largest absolute Gasteiger partial charge is 0.481 e. The molecule has 1 aliphatic rings. The van der Waals surface area contributed by atoms with E-state index in [2.05, 4.69) is 4.98 Å². The third-order valence-corrected chi connectivity index (χ3v) is 3.75. The average Bonchev–Trinajstić information content (AvgIpc) is 3.05. The average molecular weight is 274 g/mol. The number of aromatic nitrogens is 1. The number of amides is 1. The quantitative estimate of drug-likeness (QED) is 0.909. The van der Waals surface area contributed by atoms with Crippen LogP contribution in [0.3, 0.4) is 0 Å². The molecule has 0 unspecified atom stereocenters. The lowest BCUT2D eigenvalue weighted by molar-refractivity contribution is -0.138. The summed E-state index contributed by atoms with van der Waals surface area (Å²) in [6.07, 6.45) is 0. The number of rotatable bonds is 2. The number of benzene rings is 1. The van der Waals surface area contributed by atoms with E-state index >= 15 is 0 Å². The van der Waals surface area contributed by atoms with E-state index < -0.39 is 11.9 Å². The first-order chi connectivity index (χ1) is 9.18. The van der Waals surface area contributed by atoms with Gasteiger partial charge in [-0.2, -0.15) is 0 Å². The Bertz CT molecular complexity index is 639. The summed E-state index contributed by atoms with van der Waals surface area (Å²) in [7, 11) is 0. The van der Waals surface area contributed by atoms with Crippen LogP contribution >= 0.6 is 11.3 Å². The lowest BCUT2D eigenvalue weighted by Gasteiger charge is -2.15. The van der Waals surface area contributed by atoms with Crippen LogP contribution < -0.4 is 4.90 Å². The number of carbonyl (C=O) groups is 2. The molecule has 1 amide bonds. The van der Waals surface area contributed by atoms with Gasteiger partial charge in [0.2, 0.25) is 0 Å². The van der Waals surface area contributed by atoms with Crippen molar-refractivity contribution in [2.45, 2.75) is 5.92 Å². The van der Waals surface area contributed by atoms with E-state index in [1.165, 1.54) is 16.2 Å². The normalized spacial score (nSPS) is 17.3. The second-order valence-corrected chi connectivity index (χ2v) is 4.96. The van der Waals surface area contributed by atoms with E-state index in [-0.39, 0.29) is 12.5 Å². The highest BCUT2D eigenvalue weighted by atomic mass is 32.1. The molecule has 2 aromatic rings. The van der Waals surface area contributed by atoms with Crippen LogP contribution in [0, 0.1) is 0 Å². The van der Waals surface area contributed by atoms with Crippen LogP contribution in [-0.2, 0) is 4.79 Å². The zero-order chi connectivity index (χ0) is 13.4. The summed E-state index contributed by atoms with van der Waals surface area (Å²) in [4.78, 5) is 29.1. The first kappa shape index (κ1) is 11.9. The van der Waals surface area contributed by atoms with Gasteiger partial charge in [0.1, 0.15) is 11.6 Å². The molecule has 0 aliphatic carbocycles. The second-order valence-electron chi connectivity index (χ2n) is 4.24. The first-order valence-electron chi connectivity index (χ1n) is 5.70. The number of aliphatic carboxylic acids is 1. The van der Waals surface area contributed by atoms with Gasteiger partial charge in [-0.1, -0.05) is 18.2 Å². The van der Waals surface area contributed by atoms with Gasteiger partial charge < -0.3 is 10.0 Å². The third-order valence-electron chi connectivity index (χ3n) is 3.16. The van der Waals surface area contributed by atoms with Gasteiger partial charge in [-0.05, 0) is 11.6 Å². The summed E-state index contributed by atoms with van der Waals surface area (Å²) in [5, 5.41) is 10.9. The molecule has 1 aliphatic heterocycles. The van der Waals surface area contributed by atoms with Crippen LogP contribution in [0.1, 0.15) is 22.0 Å². The smallest absolute Gasteiger partial charge is 0.312 e. The Kier molecular flexibility index (Phi) is 2.79. The highest BCUT2D eigenvalue weighted by molar-refractivity contribution is 7.07. The molecule has 0 spiro atoms. The molecule has 19 heavy (non-hydrogen) atoms.